The molecule has 3 heterocycles. The fraction of sp³-hybridized carbons (Fsp3) is 0.0909. The zero-order chi connectivity index (χ0) is 20.1. The Balaban J connectivity index is 1.68. The number of rotatable bonds is 6. The summed E-state index contributed by atoms with van der Waals surface area (Å²) in [5, 5.41) is 0. The van der Waals surface area contributed by atoms with E-state index in [1.807, 2.05) is 35.2 Å². The number of carbonyl (C=O) groups is 1. The van der Waals surface area contributed by atoms with E-state index < -0.39 is 0 Å². The van der Waals surface area contributed by atoms with Crippen LogP contribution >= 0.6 is 0 Å². The normalized spacial score (nSPS) is 10.5. The monoisotopic (exact) mass is 386 g/mol. The van der Waals surface area contributed by atoms with E-state index >= 15 is 0 Å². The van der Waals surface area contributed by atoms with E-state index in [1.54, 1.807) is 49.4 Å². The fourth-order valence-electron chi connectivity index (χ4n) is 2.93. The molecular formula is C22H18N4O3. The maximum Gasteiger partial charge on any atom is 0.337 e. The number of esters is 1. The van der Waals surface area contributed by atoms with Crippen molar-refractivity contribution >= 4 is 17.6 Å². The smallest absolute Gasteiger partial charge is 0.337 e. The molecule has 3 aromatic heterocycles. The van der Waals surface area contributed by atoms with Crippen molar-refractivity contribution in [1.82, 2.24) is 15.0 Å². The van der Waals surface area contributed by atoms with Gasteiger partial charge in [-0.1, -0.05) is 12.1 Å². The topological polar surface area (TPSA) is 81.4 Å². The van der Waals surface area contributed by atoms with Gasteiger partial charge >= 0.3 is 5.97 Å². The first kappa shape index (κ1) is 18.4. The van der Waals surface area contributed by atoms with E-state index in [2.05, 4.69) is 15.0 Å². The lowest BCUT2D eigenvalue weighted by atomic mass is 10.1. The van der Waals surface area contributed by atoms with Gasteiger partial charge in [-0.15, -0.1) is 0 Å². The highest BCUT2D eigenvalue weighted by Crippen LogP contribution is 2.28. The Labute approximate surface area is 167 Å². The molecule has 0 saturated heterocycles. The van der Waals surface area contributed by atoms with Crippen molar-refractivity contribution < 1.29 is 13.9 Å². The second-order valence-corrected chi connectivity index (χ2v) is 6.25. The van der Waals surface area contributed by atoms with E-state index in [4.69, 9.17) is 9.15 Å². The number of hydrogen-bond acceptors (Lipinski definition) is 7. The van der Waals surface area contributed by atoms with Crippen molar-refractivity contribution in [3.8, 4) is 11.1 Å². The quantitative estimate of drug-likeness (QED) is 0.458. The lowest BCUT2D eigenvalue weighted by molar-refractivity contribution is 0.0600. The zero-order valence-corrected chi connectivity index (χ0v) is 15.7. The number of hydrogen-bond donors (Lipinski definition) is 0. The Morgan fingerprint density at radius 1 is 1.00 bits per heavy atom. The number of ether oxygens (including phenoxy) is 1. The summed E-state index contributed by atoms with van der Waals surface area (Å²) >= 11 is 0. The summed E-state index contributed by atoms with van der Waals surface area (Å²) in [6.07, 6.45) is 10.0. The molecule has 1 aromatic carbocycles. The molecule has 0 unspecified atom stereocenters. The average molecular weight is 386 g/mol. The average Bonchev–Trinajstić information content (AvgIpc) is 3.33. The van der Waals surface area contributed by atoms with E-state index in [-0.39, 0.29) is 5.97 Å². The Hall–Kier alpha value is -4.00. The van der Waals surface area contributed by atoms with Gasteiger partial charge in [0.05, 0.1) is 37.9 Å². The third kappa shape index (κ3) is 4.14. The summed E-state index contributed by atoms with van der Waals surface area (Å²) in [5.74, 6) is 1.03. The van der Waals surface area contributed by atoms with Gasteiger partial charge in [-0.05, 0) is 41.5 Å². The molecule has 0 aliphatic heterocycles. The molecule has 0 amide bonds. The summed E-state index contributed by atoms with van der Waals surface area (Å²) in [6.45, 7) is 0.502. The number of anilines is 2. The molecule has 0 N–H and O–H groups in total. The second kappa shape index (κ2) is 8.35. The highest BCUT2D eigenvalue weighted by Gasteiger charge is 2.15. The van der Waals surface area contributed by atoms with E-state index in [9.17, 15) is 4.79 Å². The predicted octanol–water partition coefficient (Wildman–Crippen LogP) is 4.26. The molecule has 7 heteroatoms. The Morgan fingerprint density at radius 2 is 1.83 bits per heavy atom. The molecule has 29 heavy (non-hydrogen) atoms. The first-order valence-electron chi connectivity index (χ1n) is 8.94. The van der Waals surface area contributed by atoms with Crippen molar-refractivity contribution in [2.75, 3.05) is 12.0 Å². The summed E-state index contributed by atoms with van der Waals surface area (Å²) in [7, 11) is 1.37. The largest absolute Gasteiger partial charge is 0.472 e. The highest BCUT2D eigenvalue weighted by atomic mass is 16.5. The maximum absolute atomic E-state index is 11.7. The minimum Gasteiger partial charge on any atom is -0.472 e. The Morgan fingerprint density at radius 3 is 2.52 bits per heavy atom. The standard InChI is InChI=1S/C22H18N4O3/c1-28-22(27)17-4-2-16(3-5-17)14-26(21-13-23-9-10-25-21)20-12-18(6-8-24-20)19-7-11-29-15-19/h2-13,15H,14H2,1H3. The molecule has 144 valence electrons. The molecule has 0 aliphatic carbocycles. The van der Waals surface area contributed by atoms with Gasteiger partial charge in [-0.2, -0.15) is 0 Å². The van der Waals surface area contributed by atoms with Crippen LogP contribution in [0.5, 0.6) is 0 Å². The van der Waals surface area contributed by atoms with Crippen LogP contribution in [0, 0.1) is 0 Å². The number of benzene rings is 1. The van der Waals surface area contributed by atoms with Crippen LogP contribution in [-0.2, 0) is 11.3 Å². The molecule has 0 aliphatic rings. The number of nitrogens with zero attached hydrogens (tertiary/aromatic N) is 4. The molecule has 0 bridgehead atoms. The zero-order valence-electron chi connectivity index (χ0n) is 15.7. The van der Waals surface area contributed by atoms with Gasteiger partial charge in [0.25, 0.3) is 0 Å². The van der Waals surface area contributed by atoms with Gasteiger partial charge in [0.1, 0.15) is 5.82 Å². The predicted molar refractivity (Wildman–Crippen MR) is 108 cm³/mol. The summed E-state index contributed by atoms with van der Waals surface area (Å²) in [6, 6.07) is 13.1. The van der Waals surface area contributed by atoms with Crippen LogP contribution in [0.4, 0.5) is 11.6 Å². The second-order valence-electron chi connectivity index (χ2n) is 6.25. The van der Waals surface area contributed by atoms with Crippen LogP contribution in [0.15, 0.2) is 84.2 Å². The highest BCUT2D eigenvalue weighted by molar-refractivity contribution is 5.89. The van der Waals surface area contributed by atoms with Gasteiger partial charge in [0.2, 0.25) is 0 Å². The fourth-order valence-corrected chi connectivity index (χ4v) is 2.93. The summed E-state index contributed by atoms with van der Waals surface area (Å²) in [4.78, 5) is 26.8. The maximum atomic E-state index is 11.7. The summed E-state index contributed by atoms with van der Waals surface area (Å²) < 4.78 is 9.95. The van der Waals surface area contributed by atoms with Gasteiger partial charge in [-0.3, -0.25) is 4.98 Å². The van der Waals surface area contributed by atoms with Gasteiger partial charge in [0.15, 0.2) is 5.82 Å². The van der Waals surface area contributed by atoms with Gasteiger partial charge < -0.3 is 14.1 Å². The minimum atomic E-state index is -0.364. The minimum absolute atomic E-state index is 0.364. The van der Waals surface area contributed by atoms with Crippen LogP contribution in [0.1, 0.15) is 15.9 Å². The van der Waals surface area contributed by atoms with E-state index in [0.717, 1.165) is 22.5 Å². The molecule has 4 rings (SSSR count). The third-order valence-corrected chi connectivity index (χ3v) is 4.42. The number of furan rings is 1. The molecule has 0 saturated carbocycles. The van der Waals surface area contributed by atoms with Crippen molar-refractivity contribution in [3.05, 3.63) is 90.9 Å². The Bertz CT molecular complexity index is 1080. The first-order valence-corrected chi connectivity index (χ1v) is 8.94. The van der Waals surface area contributed by atoms with Crippen LogP contribution in [0.25, 0.3) is 11.1 Å². The number of methoxy groups -OCH3 is 1. The van der Waals surface area contributed by atoms with E-state index in [1.165, 1.54) is 7.11 Å². The number of carbonyl (C=O) groups excluding carboxylic acids is 1. The molecule has 7 nitrogen and oxygen atoms in total. The third-order valence-electron chi connectivity index (χ3n) is 4.42. The van der Waals surface area contributed by atoms with Crippen LogP contribution < -0.4 is 4.90 Å². The molecule has 0 radical (unpaired) electrons. The summed E-state index contributed by atoms with van der Waals surface area (Å²) in [5.41, 5.74) is 3.44. The molecule has 0 spiro atoms. The Kier molecular flexibility index (Phi) is 5.29. The molecule has 0 atom stereocenters. The van der Waals surface area contributed by atoms with Crippen molar-refractivity contribution in [1.29, 1.82) is 0 Å². The molecular weight excluding hydrogens is 368 g/mol. The van der Waals surface area contributed by atoms with Crippen LogP contribution in [0.2, 0.25) is 0 Å². The van der Waals surface area contributed by atoms with Crippen LogP contribution in [-0.4, -0.2) is 28.0 Å². The first-order chi connectivity index (χ1) is 14.2. The lowest BCUT2D eigenvalue weighted by Gasteiger charge is -2.23. The number of pyridine rings is 1. The van der Waals surface area contributed by atoms with E-state index in [0.29, 0.717) is 17.9 Å². The molecule has 4 aromatic rings. The van der Waals surface area contributed by atoms with Crippen molar-refractivity contribution in [2.24, 2.45) is 0 Å². The van der Waals surface area contributed by atoms with Gasteiger partial charge in [0, 0.05) is 24.2 Å². The SMILES string of the molecule is COC(=O)c1ccc(CN(c2cnccn2)c2cc(-c3ccoc3)ccn2)cc1. The number of aromatic nitrogens is 3. The van der Waals surface area contributed by atoms with Gasteiger partial charge in [-0.25, -0.2) is 14.8 Å². The van der Waals surface area contributed by atoms with Crippen molar-refractivity contribution in [2.45, 2.75) is 6.54 Å². The molecule has 0 fully saturated rings. The van der Waals surface area contributed by atoms with Crippen LogP contribution in [0.3, 0.4) is 0 Å². The van der Waals surface area contributed by atoms with Crippen molar-refractivity contribution in [3.63, 3.8) is 0 Å². The lowest BCUT2D eigenvalue weighted by Crippen LogP contribution is -2.19.